The summed E-state index contributed by atoms with van der Waals surface area (Å²) in [7, 11) is 0. The highest BCUT2D eigenvalue weighted by atomic mass is 35.5. The summed E-state index contributed by atoms with van der Waals surface area (Å²) in [6.45, 7) is 6.25. The number of piperazine rings is 1. The fraction of sp³-hybridized carbons (Fsp3) is 0.588. The van der Waals surface area contributed by atoms with E-state index in [1.165, 1.54) is 5.56 Å². The number of amides is 1. The monoisotopic (exact) mass is 321 g/mol. The first-order valence-corrected chi connectivity index (χ1v) is 8.58. The van der Waals surface area contributed by atoms with E-state index in [2.05, 4.69) is 21.6 Å². The number of nitrogens with zero attached hydrogens (tertiary/aromatic N) is 1. The third-order valence-electron chi connectivity index (χ3n) is 4.56. The molecule has 2 aliphatic rings. The summed E-state index contributed by atoms with van der Waals surface area (Å²) in [6, 6.07) is 7.87. The SMILES string of the molecule is O=C(NCCCN1CCNCC1)C1CC1c1cccc(Cl)c1. The van der Waals surface area contributed by atoms with Crippen LogP contribution in [0.2, 0.25) is 5.02 Å². The van der Waals surface area contributed by atoms with Crippen molar-refractivity contribution in [2.75, 3.05) is 39.3 Å². The minimum absolute atomic E-state index is 0.137. The molecule has 22 heavy (non-hydrogen) atoms. The van der Waals surface area contributed by atoms with Gasteiger partial charge < -0.3 is 15.5 Å². The number of nitrogens with one attached hydrogen (secondary N) is 2. The molecule has 2 atom stereocenters. The summed E-state index contributed by atoms with van der Waals surface area (Å²) in [4.78, 5) is 14.6. The van der Waals surface area contributed by atoms with Crippen molar-refractivity contribution in [2.24, 2.45) is 5.92 Å². The van der Waals surface area contributed by atoms with Crippen LogP contribution in [0.15, 0.2) is 24.3 Å². The van der Waals surface area contributed by atoms with E-state index in [1.807, 2.05) is 18.2 Å². The number of rotatable bonds is 6. The molecule has 1 aromatic carbocycles. The van der Waals surface area contributed by atoms with E-state index < -0.39 is 0 Å². The molecule has 1 aliphatic carbocycles. The molecule has 1 amide bonds. The summed E-state index contributed by atoms with van der Waals surface area (Å²) in [5, 5.41) is 7.18. The van der Waals surface area contributed by atoms with E-state index in [9.17, 15) is 4.79 Å². The van der Waals surface area contributed by atoms with E-state index in [-0.39, 0.29) is 11.8 Å². The molecule has 1 heterocycles. The molecule has 2 unspecified atom stereocenters. The first-order chi connectivity index (χ1) is 10.7. The highest BCUT2D eigenvalue weighted by Crippen LogP contribution is 2.47. The maximum Gasteiger partial charge on any atom is 0.223 e. The smallest absolute Gasteiger partial charge is 0.223 e. The Kier molecular flexibility index (Phi) is 5.34. The van der Waals surface area contributed by atoms with Crippen LogP contribution in [0.4, 0.5) is 0 Å². The normalized spacial score (nSPS) is 25.0. The molecule has 120 valence electrons. The molecule has 2 N–H and O–H groups in total. The van der Waals surface area contributed by atoms with Gasteiger partial charge in [0, 0.05) is 43.7 Å². The van der Waals surface area contributed by atoms with Crippen molar-refractivity contribution in [3.05, 3.63) is 34.9 Å². The molecular weight excluding hydrogens is 298 g/mol. The third-order valence-corrected chi connectivity index (χ3v) is 4.80. The summed E-state index contributed by atoms with van der Waals surface area (Å²) in [5.41, 5.74) is 1.19. The van der Waals surface area contributed by atoms with Crippen molar-refractivity contribution in [3.8, 4) is 0 Å². The molecule has 4 nitrogen and oxygen atoms in total. The van der Waals surface area contributed by atoms with Gasteiger partial charge in [0.25, 0.3) is 0 Å². The maximum atomic E-state index is 12.2. The minimum atomic E-state index is 0.137. The Balaban J connectivity index is 1.35. The lowest BCUT2D eigenvalue weighted by Gasteiger charge is -2.27. The largest absolute Gasteiger partial charge is 0.356 e. The average molecular weight is 322 g/mol. The topological polar surface area (TPSA) is 44.4 Å². The number of halogens is 1. The fourth-order valence-electron chi connectivity index (χ4n) is 3.17. The van der Waals surface area contributed by atoms with Gasteiger partial charge in [-0.3, -0.25) is 4.79 Å². The van der Waals surface area contributed by atoms with Crippen LogP contribution in [-0.4, -0.2) is 50.1 Å². The minimum Gasteiger partial charge on any atom is -0.356 e. The molecule has 0 spiro atoms. The van der Waals surface area contributed by atoms with Crippen LogP contribution in [0.25, 0.3) is 0 Å². The molecule has 0 radical (unpaired) electrons. The first-order valence-electron chi connectivity index (χ1n) is 8.20. The molecule has 3 rings (SSSR count). The Morgan fingerprint density at radius 1 is 1.36 bits per heavy atom. The molecule has 1 aliphatic heterocycles. The van der Waals surface area contributed by atoms with Crippen LogP contribution in [-0.2, 0) is 4.79 Å². The van der Waals surface area contributed by atoms with Crippen LogP contribution in [0.3, 0.4) is 0 Å². The second kappa shape index (κ2) is 7.44. The van der Waals surface area contributed by atoms with Crippen molar-refractivity contribution < 1.29 is 4.79 Å². The Labute approximate surface area is 137 Å². The second-order valence-electron chi connectivity index (χ2n) is 6.24. The number of carbonyl (C=O) groups excluding carboxylic acids is 1. The zero-order valence-electron chi connectivity index (χ0n) is 12.9. The van der Waals surface area contributed by atoms with Crippen LogP contribution < -0.4 is 10.6 Å². The van der Waals surface area contributed by atoms with E-state index in [4.69, 9.17) is 11.6 Å². The van der Waals surface area contributed by atoms with Crippen LogP contribution in [0, 0.1) is 5.92 Å². The lowest BCUT2D eigenvalue weighted by atomic mass is 10.1. The number of carbonyl (C=O) groups is 1. The number of benzene rings is 1. The molecule has 1 saturated carbocycles. The van der Waals surface area contributed by atoms with Gasteiger partial charge in [-0.25, -0.2) is 0 Å². The zero-order valence-corrected chi connectivity index (χ0v) is 13.6. The highest BCUT2D eigenvalue weighted by molar-refractivity contribution is 6.30. The maximum absolute atomic E-state index is 12.2. The number of hydrogen-bond donors (Lipinski definition) is 2. The van der Waals surface area contributed by atoms with Crippen LogP contribution in [0.1, 0.15) is 24.3 Å². The van der Waals surface area contributed by atoms with Gasteiger partial charge in [0.1, 0.15) is 0 Å². The molecule has 0 bridgehead atoms. The number of hydrogen-bond acceptors (Lipinski definition) is 3. The first kappa shape index (κ1) is 15.8. The van der Waals surface area contributed by atoms with E-state index in [0.717, 1.165) is 57.1 Å². The van der Waals surface area contributed by atoms with Gasteiger partial charge in [0.2, 0.25) is 5.91 Å². The van der Waals surface area contributed by atoms with E-state index >= 15 is 0 Å². The van der Waals surface area contributed by atoms with Crippen LogP contribution in [0.5, 0.6) is 0 Å². The van der Waals surface area contributed by atoms with Crippen molar-refractivity contribution in [1.82, 2.24) is 15.5 Å². The van der Waals surface area contributed by atoms with Crippen LogP contribution >= 0.6 is 11.6 Å². The van der Waals surface area contributed by atoms with E-state index in [0.29, 0.717) is 5.92 Å². The van der Waals surface area contributed by atoms with Gasteiger partial charge >= 0.3 is 0 Å². The quantitative estimate of drug-likeness (QED) is 0.786. The van der Waals surface area contributed by atoms with Gasteiger partial charge in [-0.05, 0) is 43.0 Å². The summed E-state index contributed by atoms with van der Waals surface area (Å²) >= 11 is 6.01. The van der Waals surface area contributed by atoms with Gasteiger partial charge in [0.05, 0.1) is 0 Å². The van der Waals surface area contributed by atoms with Gasteiger partial charge in [-0.1, -0.05) is 23.7 Å². The Morgan fingerprint density at radius 3 is 2.95 bits per heavy atom. The van der Waals surface area contributed by atoms with Gasteiger partial charge in [-0.2, -0.15) is 0 Å². The average Bonchev–Trinajstić information content (AvgIpc) is 3.33. The summed E-state index contributed by atoms with van der Waals surface area (Å²) in [6.07, 6.45) is 1.98. The third kappa shape index (κ3) is 4.22. The predicted molar refractivity (Wildman–Crippen MR) is 89.2 cm³/mol. The molecular formula is C17H24ClN3O. The molecule has 0 aromatic heterocycles. The van der Waals surface area contributed by atoms with Crippen molar-refractivity contribution in [3.63, 3.8) is 0 Å². The Morgan fingerprint density at radius 2 is 2.18 bits per heavy atom. The van der Waals surface area contributed by atoms with Gasteiger partial charge in [0.15, 0.2) is 0 Å². The van der Waals surface area contributed by atoms with E-state index in [1.54, 1.807) is 0 Å². The zero-order chi connectivity index (χ0) is 15.4. The lowest BCUT2D eigenvalue weighted by Crippen LogP contribution is -2.44. The molecule has 2 fully saturated rings. The Hall–Kier alpha value is -1.10. The van der Waals surface area contributed by atoms with Crippen molar-refractivity contribution in [1.29, 1.82) is 0 Å². The molecule has 1 aromatic rings. The second-order valence-corrected chi connectivity index (χ2v) is 6.68. The van der Waals surface area contributed by atoms with Gasteiger partial charge in [-0.15, -0.1) is 0 Å². The fourth-order valence-corrected chi connectivity index (χ4v) is 3.37. The summed E-state index contributed by atoms with van der Waals surface area (Å²) < 4.78 is 0. The molecule has 1 saturated heterocycles. The van der Waals surface area contributed by atoms with Crippen molar-refractivity contribution in [2.45, 2.75) is 18.8 Å². The van der Waals surface area contributed by atoms with Crippen molar-refractivity contribution >= 4 is 17.5 Å². The lowest BCUT2D eigenvalue weighted by molar-refractivity contribution is -0.122. The molecule has 5 heteroatoms. The highest BCUT2D eigenvalue weighted by Gasteiger charge is 2.43. The standard InChI is InChI=1S/C17H24ClN3O/c18-14-4-1-3-13(11-14)15-12-16(15)17(22)20-5-2-8-21-9-6-19-7-10-21/h1,3-4,11,15-16,19H,2,5-10,12H2,(H,20,22). The predicted octanol–water partition coefficient (Wildman–Crippen LogP) is 1.86. The summed E-state index contributed by atoms with van der Waals surface area (Å²) in [5.74, 6) is 0.690. The Bertz CT molecular complexity index is 516.